The molecule has 0 bridgehead atoms. The summed E-state index contributed by atoms with van der Waals surface area (Å²) in [5.41, 5.74) is 1.70. The maximum Gasteiger partial charge on any atom is 0.252 e. The number of halogens is 1. The van der Waals surface area contributed by atoms with Crippen LogP contribution in [0.3, 0.4) is 0 Å². The lowest BCUT2D eigenvalue weighted by atomic mass is 9.98. The van der Waals surface area contributed by atoms with E-state index >= 15 is 0 Å². The third-order valence-electron chi connectivity index (χ3n) is 4.02. The summed E-state index contributed by atoms with van der Waals surface area (Å²) in [6, 6.07) is 5.79. The van der Waals surface area contributed by atoms with Gasteiger partial charge in [0.15, 0.2) is 0 Å². The number of rotatable bonds is 3. The van der Waals surface area contributed by atoms with Gasteiger partial charge in [0, 0.05) is 35.9 Å². The van der Waals surface area contributed by atoms with Crippen molar-refractivity contribution >= 4 is 21.8 Å². The standard InChI is InChI=1S/C16H18BrN3O/c1-11-4-2-6-13(17)14(11)16(21)19-10-12-5-3-8-20-9-7-18-15(12)20/h2,4,6-7,9,12H,3,5,8,10H2,1H3,(H,19,21). The number of carbonyl (C=O) groups is 1. The molecule has 1 aromatic carbocycles. The first-order valence-corrected chi connectivity index (χ1v) is 8.00. The molecule has 1 aromatic heterocycles. The van der Waals surface area contributed by atoms with Gasteiger partial charge in [0.2, 0.25) is 0 Å². The molecule has 0 spiro atoms. The van der Waals surface area contributed by atoms with Crippen LogP contribution < -0.4 is 5.32 Å². The highest BCUT2D eigenvalue weighted by molar-refractivity contribution is 9.10. The van der Waals surface area contributed by atoms with E-state index in [2.05, 4.69) is 30.8 Å². The first-order valence-electron chi connectivity index (χ1n) is 7.21. The molecule has 3 rings (SSSR count). The van der Waals surface area contributed by atoms with E-state index in [1.807, 2.05) is 37.5 Å². The van der Waals surface area contributed by atoms with Gasteiger partial charge in [0.1, 0.15) is 5.82 Å². The molecular formula is C16H18BrN3O. The first kappa shape index (κ1) is 14.3. The molecule has 0 aliphatic carbocycles. The Labute approximate surface area is 132 Å². The van der Waals surface area contributed by atoms with Gasteiger partial charge < -0.3 is 9.88 Å². The Hall–Kier alpha value is -1.62. The Balaban J connectivity index is 1.70. The second-order valence-electron chi connectivity index (χ2n) is 5.46. The second kappa shape index (κ2) is 6.02. The van der Waals surface area contributed by atoms with Crippen molar-refractivity contribution < 1.29 is 4.79 Å². The van der Waals surface area contributed by atoms with Gasteiger partial charge in [-0.2, -0.15) is 0 Å². The minimum atomic E-state index is -0.0244. The van der Waals surface area contributed by atoms with Crippen molar-refractivity contribution in [2.24, 2.45) is 0 Å². The lowest BCUT2D eigenvalue weighted by molar-refractivity contribution is 0.0948. The van der Waals surface area contributed by atoms with Crippen molar-refractivity contribution in [2.45, 2.75) is 32.2 Å². The van der Waals surface area contributed by atoms with Crippen molar-refractivity contribution in [2.75, 3.05) is 6.54 Å². The fourth-order valence-corrected chi connectivity index (χ4v) is 3.57. The number of imidazole rings is 1. The Morgan fingerprint density at radius 1 is 1.52 bits per heavy atom. The molecule has 1 unspecified atom stereocenters. The third kappa shape index (κ3) is 2.88. The Morgan fingerprint density at radius 2 is 2.38 bits per heavy atom. The van der Waals surface area contributed by atoms with Gasteiger partial charge in [-0.25, -0.2) is 4.98 Å². The molecule has 1 amide bonds. The van der Waals surface area contributed by atoms with Crippen LogP contribution in [0.1, 0.15) is 40.5 Å². The van der Waals surface area contributed by atoms with Crippen LogP contribution in [0.5, 0.6) is 0 Å². The predicted octanol–water partition coefficient (Wildman–Crippen LogP) is 3.26. The zero-order chi connectivity index (χ0) is 14.8. The number of aromatic nitrogens is 2. The number of hydrogen-bond donors (Lipinski definition) is 1. The van der Waals surface area contributed by atoms with Gasteiger partial charge in [0.25, 0.3) is 5.91 Å². The van der Waals surface area contributed by atoms with E-state index in [1.54, 1.807) is 0 Å². The van der Waals surface area contributed by atoms with Gasteiger partial charge in [-0.15, -0.1) is 0 Å². The first-order chi connectivity index (χ1) is 10.2. The predicted molar refractivity (Wildman–Crippen MR) is 85.4 cm³/mol. The van der Waals surface area contributed by atoms with Crippen LogP contribution in [0, 0.1) is 6.92 Å². The monoisotopic (exact) mass is 347 g/mol. The lowest BCUT2D eigenvalue weighted by Crippen LogP contribution is -2.31. The topological polar surface area (TPSA) is 46.9 Å². The van der Waals surface area contributed by atoms with Crippen molar-refractivity contribution in [3.05, 3.63) is 52.0 Å². The zero-order valence-corrected chi connectivity index (χ0v) is 13.6. The maximum atomic E-state index is 12.4. The second-order valence-corrected chi connectivity index (χ2v) is 6.31. The molecule has 1 aliphatic heterocycles. The molecule has 0 saturated carbocycles. The quantitative estimate of drug-likeness (QED) is 0.926. The summed E-state index contributed by atoms with van der Waals surface area (Å²) in [5, 5.41) is 3.06. The van der Waals surface area contributed by atoms with Gasteiger partial charge in [-0.05, 0) is 47.3 Å². The summed E-state index contributed by atoms with van der Waals surface area (Å²) in [6.07, 6.45) is 6.07. The van der Waals surface area contributed by atoms with E-state index in [-0.39, 0.29) is 5.91 Å². The molecule has 0 fully saturated rings. The molecule has 4 nitrogen and oxygen atoms in total. The van der Waals surface area contributed by atoms with Crippen LogP contribution in [0.2, 0.25) is 0 Å². The van der Waals surface area contributed by atoms with Crippen LogP contribution in [0.15, 0.2) is 35.1 Å². The zero-order valence-electron chi connectivity index (χ0n) is 12.0. The van der Waals surface area contributed by atoms with Crippen molar-refractivity contribution in [1.82, 2.24) is 14.9 Å². The highest BCUT2D eigenvalue weighted by Crippen LogP contribution is 2.25. The molecule has 1 atom stereocenters. The van der Waals surface area contributed by atoms with Crippen LogP contribution in [-0.4, -0.2) is 22.0 Å². The van der Waals surface area contributed by atoms with E-state index in [9.17, 15) is 4.79 Å². The normalized spacial score (nSPS) is 17.3. The van der Waals surface area contributed by atoms with E-state index in [4.69, 9.17) is 0 Å². The van der Waals surface area contributed by atoms with Crippen LogP contribution in [0.4, 0.5) is 0 Å². The molecule has 1 aliphatic rings. The summed E-state index contributed by atoms with van der Waals surface area (Å²) in [4.78, 5) is 16.8. The molecule has 110 valence electrons. The number of fused-ring (bicyclic) bond motifs is 1. The average molecular weight is 348 g/mol. The third-order valence-corrected chi connectivity index (χ3v) is 4.68. The van der Waals surface area contributed by atoms with Crippen molar-refractivity contribution in [3.8, 4) is 0 Å². The van der Waals surface area contributed by atoms with Crippen molar-refractivity contribution in [1.29, 1.82) is 0 Å². The summed E-state index contributed by atoms with van der Waals surface area (Å²) < 4.78 is 3.02. The minimum Gasteiger partial charge on any atom is -0.351 e. The highest BCUT2D eigenvalue weighted by Gasteiger charge is 2.22. The smallest absolute Gasteiger partial charge is 0.252 e. The van der Waals surface area contributed by atoms with Crippen LogP contribution in [0.25, 0.3) is 0 Å². The Kier molecular flexibility index (Phi) is 4.10. The summed E-state index contributed by atoms with van der Waals surface area (Å²) in [5.74, 6) is 1.37. The molecule has 0 radical (unpaired) electrons. The van der Waals surface area contributed by atoms with Crippen LogP contribution in [-0.2, 0) is 6.54 Å². The number of hydrogen-bond acceptors (Lipinski definition) is 2. The summed E-state index contributed by atoms with van der Waals surface area (Å²) >= 11 is 3.46. The van der Waals surface area contributed by atoms with Gasteiger partial charge in [-0.3, -0.25) is 4.79 Å². The number of nitrogens with zero attached hydrogens (tertiary/aromatic N) is 2. The Morgan fingerprint density at radius 3 is 3.19 bits per heavy atom. The van der Waals surface area contributed by atoms with E-state index in [0.29, 0.717) is 12.5 Å². The van der Waals surface area contributed by atoms with Crippen LogP contribution >= 0.6 is 15.9 Å². The molecule has 0 saturated heterocycles. The molecule has 2 aromatic rings. The maximum absolute atomic E-state index is 12.4. The fourth-order valence-electron chi connectivity index (χ4n) is 2.92. The lowest BCUT2D eigenvalue weighted by Gasteiger charge is -2.23. The highest BCUT2D eigenvalue weighted by atomic mass is 79.9. The van der Waals surface area contributed by atoms with Gasteiger partial charge >= 0.3 is 0 Å². The molecule has 2 heterocycles. The number of carbonyl (C=O) groups excluding carboxylic acids is 1. The largest absolute Gasteiger partial charge is 0.351 e. The summed E-state index contributed by atoms with van der Waals surface area (Å²) in [6.45, 7) is 3.62. The minimum absolute atomic E-state index is 0.0244. The van der Waals surface area contributed by atoms with E-state index in [1.165, 1.54) is 0 Å². The number of aryl methyl sites for hydroxylation is 2. The molecule has 5 heteroatoms. The van der Waals surface area contributed by atoms with E-state index < -0.39 is 0 Å². The molecule has 1 N–H and O–H groups in total. The van der Waals surface area contributed by atoms with Gasteiger partial charge in [0.05, 0.1) is 5.56 Å². The average Bonchev–Trinajstić information content (AvgIpc) is 2.93. The Bertz CT molecular complexity index is 645. The molecular weight excluding hydrogens is 330 g/mol. The number of nitrogens with one attached hydrogen (secondary N) is 1. The molecule has 21 heavy (non-hydrogen) atoms. The summed E-state index contributed by atoms with van der Waals surface area (Å²) in [7, 11) is 0. The SMILES string of the molecule is Cc1cccc(Br)c1C(=O)NCC1CCCn2ccnc21. The fraction of sp³-hybridized carbons (Fsp3) is 0.375. The van der Waals surface area contributed by atoms with Gasteiger partial charge in [-0.1, -0.05) is 12.1 Å². The number of benzene rings is 1. The number of amides is 1. The van der Waals surface area contributed by atoms with E-state index in [0.717, 1.165) is 40.8 Å². The van der Waals surface area contributed by atoms with Crippen molar-refractivity contribution in [3.63, 3.8) is 0 Å².